The van der Waals surface area contributed by atoms with Gasteiger partial charge in [-0.1, -0.05) is 29.3 Å². The van der Waals surface area contributed by atoms with Gasteiger partial charge in [0.2, 0.25) is 0 Å². The molecule has 82 valence electrons. The largest absolute Gasteiger partial charge is 0.330 e. The minimum Gasteiger partial charge on any atom is -0.330 e. The number of halogens is 3. The average Bonchev–Trinajstić information content (AvgIpc) is 2.97. The molecular weight excluding hydrogens is 252 g/mol. The Morgan fingerprint density at radius 3 is 2.53 bits per heavy atom. The second-order valence-electron chi connectivity index (χ2n) is 4.04. The van der Waals surface area contributed by atoms with Gasteiger partial charge >= 0.3 is 0 Å². The predicted molar refractivity (Wildman–Crippen MR) is 66.0 cm³/mol. The summed E-state index contributed by atoms with van der Waals surface area (Å²) in [6.45, 7) is 0.613. The van der Waals surface area contributed by atoms with Crippen LogP contribution in [0.3, 0.4) is 0 Å². The molecule has 1 fully saturated rings. The lowest BCUT2D eigenvalue weighted by Gasteiger charge is -2.15. The third-order valence-electron chi connectivity index (χ3n) is 3.28. The van der Waals surface area contributed by atoms with E-state index < -0.39 is 0 Å². The molecule has 1 aliphatic rings. The Balaban J connectivity index is 2.33. The Morgan fingerprint density at radius 1 is 1.33 bits per heavy atom. The number of benzene rings is 1. The lowest BCUT2D eigenvalue weighted by molar-refractivity contribution is 0.644. The minimum absolute atomic E-state index is 0.0377. The number of alkyl halides is 1. The summed E-state index contributed by atoms with van der Waals surface area (Å²) in [4.78, 5) is 0. The van der Waals surface area contributed by atoms with E-state index in [1.807, 2.05) is 18.2 Å². The molecule has 0 bridgehead atoms. The van der Waals surface area contributed by atoms with E-state index in [4.69, 9.17) is 40.5 Å². The van der Waals surface area contributed by atoms with E-state index in [9.17, 15) is 0 Å². The number of hydrogen-bond acceptors (Lipinski definition) is 1. The second-order valence-corrected chi connectivity index (χ2v) is 5.17. The number of hydrogen-bond donors (Lipinski definition) is 1. The van der Waals surface area contributed by atoms with Crippen molar-refractivity contribution < 1.29 is 0 Å². The van der Waals surface area contributed by atoms with Crippen molar-refractivity contribution in [2.75, 3.05) is 12.4 Å². The highest BCUT2D eigenvalue weighted by molar-refractivity contribution is 6.42. The molecule has 1 aliphatic carbocycles. The summed E-state index contributed by atoms with van der Waals surface area (Å²) in [5, 5.41) is 1.16. The zero-order chi connectivity index (χ0) is 11.1. The Morgan fingerprint density at radius 2 is 2.07 bits per heavy atom. The van der Waals surface area contributed by atoms with Crippen molar-refractivity contribution in [1.82, 2.24) is 0 Å². The maximum atomic E-state index is 5.99. The zero-order valence-corrected chi connectivity index (χ0v) is 10.4. The standard InChI is InChI=1S/C11H12Cl3N/c12-5-8-4-11(8,6-15)7-1-2-9(13)10(14)3-7/h1-3,8H,4-6,15H2/t8-,11-/m1/s1. The Bertz CT molecular complexity index is 380. The molecule has 0 heterocycles. The fourth-order valence-electron chi connectivity index (χ4n) is 2.11. The van der Waals surface area contributed by atoms with Crippen LogP contribution in [0.5, 0.6) is 0 Å². The predicted octanol–water partition coefficient (Wildman–Crippen LogP) is 3.45. The van der Waals surface area contributed by atoms with Crippen LogP contribution in [0.1, 0.15) is 12.0 Å². The summed E-state index contributed by atoms with van der Waals surface area (Å²) in [5.41, 5.74) is 7.02. The highest BCUT2D eigenvalue weighted by atomic mass is 35.5. The SMILES string of the molecule is NC[C@@]1(c2ccc(Cl)c(Cl)c2)C[C@@H]1CCl. The van der Waals surface area contributed by atoms with Crippen LogP contribution in [0.2, 0.25) is 10.0 Å². The van der Waals surface area contributed by atoms with Gasteiger partial charge in [0.15, 0.2) is 0 Å². The Hall–Kier alpha value is 0.0500. The Labute approximate surface area is 104 Å². The summed E-state index contributed by atoms with van der Waals surface area (Å²) in [5.74, 6) is 1.12. The number of rotatable bonds is 3. The molecule has 0 aliphatic heterocycles. The van der Waals surface area contributed by atoms with Gasteiger partial charge in [-0.05, 0) is 30.0 Å². The first kappa shape index (κ1) is 11.5. The molecule has 15 heavy (non-hydrogen) atoms. The van der Waals surface area contributed by atoms with Crippen molar-refractivity contribution in [2.45, 2.75) is 11.8 Å². The van der Waals surface area contributed by atoms with Crippen molar-refractivity contribution in [2.24, 2.45) is 11.7 Å². The van der Waals surface area contributed by atoms with Crippen molar-refractivity contribution in [1.29, 1.82) is 0 Å². The van der Waals surface area contributed by atoms with Crippen LogP contribution < -0.4 is 5.73 Å². The first-order valence-corrected chi connectivity index (χ1v) is 6.14. The van der Waals surface area contributed by atoms with E-state index in [2.05, 4.69) is 0 Å². The van der Waals surface area contributed by atoms with E-state index in [0.717, 1.165) is 12.0 Å². The van der Waals surface area contributed by atoms with Gasteiger partial charge in [-0.3, -0.25) is 0 Å². The van der Waals surface area contributed by atoms with E-state index in [1.54, 1.807) is 0 Å². The van der Waals surface area contributed by atoms with Crippen LogP contribution in [0.4, 0.5) is 0 Å². The van der Waals surface area contributed by atoms with Crippen LogP contribution >= 0.6 is 34.8 Å². The molecule has 1 saturated carbocycles. The van der Waals surface area contributed by atoms with Gasteiger partial charge in [0.25, 0.3) is 0 Å². The topological polar surface area (TPSA) is 26.0 Å². The van der Waals surface area contributed by atoms with Crippen LogP contribution in [-0.4, -0.2) is 12.4 Å². The van der Waals surface area contributed by atoms with E-state index >= 15 is 0 Å². The van der Waals surface area contributed by atoms with Gasteiger partial charge in [0, 0.05) is 17.8 Å². The number of nitrogens with two attached hydrogens (primary N) is 1. The van der Waals surface area contributed by atoms with Gasteiger partial charge in [-0.25, -0.2) is 0 Å². The molecule has 2 N–H and O–H groups in total. The van der Waals surface area contributed by atoms with Crippen molar-refractivity contribution in [3.8, 4) is 0 Å². The smallest absolute Gasteiger partial charge is 0.0595 e. The first-order valence-electron chi connectivity index (χ1n) is 4.85. The normalized spacial score (nSPS) is 29.2. The highest BCUT2D eigenvalue weighted by Crippen LogP contribution is 2.54. The fourth-order valence-corrected chi connectivity index (χ4v) is 2.81. The molecular formula is C11H12Cl3N. The van der Waals surface area contributed by atoms with Crippen LogP contribution in [0.25, 0.3) is 0 Å². The van der Waals surface area contributed by atoms with Crippen LogP contribution in [-0.2, 0) is 5.41 Å². The lowest BCUT2D eigenvalue weighted by Crippen LogP contribution is -2.22. The summed E-state index contributed by atoms with van der Waals surface area (Å²) >= 11 is 17.7. The maximum Gasteiger partial charge on any atom is 0.0595 e. The molecule has 1 aromatic rings. The van der Waals surface area contributed by atoms with Crippen molar-refractivity contribution >= 4 is 34.8 Å². The fraction of sp³-hybridized carbons (Fsp3) is 0.455. The molecule has 0 saturated heterocycles. The zero-order valence-electron chi connectivity index (χ0n) is 8.14. The quantitative estimate of drug-likeness (QED) is 0.832. The summed E-state index contributed by atoms with van der Waals surface area (Å²) in [6, 6.07) is 5.72. The molecule has 0 amide bonds. The average molecular weight is 265 g/mol. The first-order chi connectivity index (χ1) is 7.14. The summed E-state index contributed by atoms with van der Waals surface area (Å²) < 4.78 is 0. The van der Waals surface area contributed by atoms with Crippen molar-refractivity contribution in [3.05, 3.63) is 33.8 Å². The third-order valence-corrected chi connectivity index (χ3v) is 4.39. The Kier molecular flexibility index (Phi) is 3.18. The van der Waals surface area contributed by atoms with E-state index in [1.165, 1.54) is 0 Å². The molecule has 2 rings (SSSR count). The molecule has 0 unspecified atom stereocenters. The second kappa shape index (κ2) is 4.14. The van der Waals surface area contributed by atoms with Crippen LogP contribution in [0.15, 0.2) is 18.2 Å². The molecule has 1 aromatic carbocycles. The van der Waals surface area contributed by atoms with Gasteiger partial charge < -0.3 is 5.73 Å². The van der Waals surface area contributed by atoms with Crippen molar-refractivity contribution in [3.63, 3.8) is 0 Å². The van der Waals surface area contributed by atoms with E-state index in [0.29, 0.717) is 28.4 Å². The molecule has 4 heteroatoms. The molecule has 0 spiro atoms. The van der Waals surface area contributed by atoms with Gasteiger partial charge in [0.1, 0.15) is 0 Å². The minimum atomic E-state index is 0.0377. The monoisotopic (exact) mass is 263 g/mol. The summed E-state index contributed by atoms with van der Waals surface area (Å²) in [7, 11) is 0. The van der Waals surface area contributed by atoms with E-state index in [-0.39, 0.29) is 5.41 Å². The third kappa shape index (κ3) is 1.87. The lowest BCUT2D eigenvalue weighted by atomic mass is 9.94. The molecule has 2 atom stereocenters. The molecule has 1 nitrogen and oxygen atoms in total. The van der Waals surface area contributed by atoms with Gasteiger partial charge in [-0.2, -0.15) is 0 Å². The highest BCUT2D eigenvalue weighted by Gasteiger charge is 2.53. The van der Waals surface area contributed by atoms with Gasteiger partial charge in [0.05, 0.1) is 10.0 Å². The summed E-state index contributed by atoms with van der Waals surface area (Å²) in [6.07, 6.45) is 1.05. The van der Waals surface area contributed by atoms with Crippen LogP contribution in [0, 0.1) is 5.92 Å². The maximum absolute atomic E-state index is 5.99. The van der Waals surface area contributed by atoms with Gasteiger partial charge in [-0.15, -0.1) is 11.6 Å². The molecule has 0 radical (unpaired) electrons. The molecule has 0 aromatic heterocycles.